The van der Waals surface area contributed by atoms with E-state index in [1.54, 1.807) is 12.1 Å². The summed E-state index contributed by atoms with van der Waals surface area (Å²) in [4.78, 5) is 13.7. The number of benzene rings is 1. The van der Waals surface area contributed by atoms with Crippen LogP contribution in [-0.2, 0) is 19.4 Å². The third kappa shape index (κ3) is 2.89. The van der Waals surface area contributed by atoms with Crippen LogP contribution >= 0.6 is 11.7 Å². The van der Waals surface area contributed by atoms with Gasteiger partial charge in [0, 0.05) is 13.1 Å². The maximum atomic E-state index is 12.5. The second-order valence-corrected chi connectivity index (χ2v) is 7.13. The SMILES string of the molecule is O=C(CS(=O)(=O)c1cccc2nsnc12)N1CCOCC1. The molecule has 0 bridgehead atoms. The first kappa shape index (κ1) is 14.4. The van der Waals surface area contributed by atoms with Gasteiger partial charge in [0.15, 0.2) is 9.84 Å². The highest BCUT2D eigenvalue weighted by Gasteiger charge is 2.27. The standard InChI is InChI=1S/C12H13N3O4S2/c16-11(15-4-6-19-7-5-15)8-21(17,18)10-3-1-2-9-12(10)14-20-13-9/h1-3H,4-8H2. The molecular formula is C12H13N3O4S2. The molecule has 1 aromatic heterocycles. The molecule has 0 unspecified atom stereocenters. The summed E-state index contributed by atoms with van der Waals surface area (Å²) in [7, 11) is -3.73. The molecule has 1 amide bonds. The first-order chi connectivity index (χ1) is 10.1. The Morgan fingerprint density at radius 2 is 2.05 bits per heavy atom. The first-order valence-corrected chi connectivity index (χ1v) is 8.76. The van der Waals surface area contributed by atoms with Crippen molar-refractivity contribution in [3.8, 4) is 0 Å². The van der Waals surface area contributed by atoms with E-state index < -0.39 is 21.5 Å². The molecule has 1 saturated heterocycles. The molecule has 1 aromatic carbocycles. The topological polar surface area (TPSA) is 89.5 Å². The summed E-state index contributed by atoms with van der Waals surface area (Å²) in [6.07, 6.45) is 0. The quantitative estimate of drug-likeness (QED) is 0.807. The molecular weight excluding hydrogens is 314 g/mol. The van der Waals surface area contributed by atoms with Gasteiger partial charge in [0.1, 0.15) is 16.8 Å². The van der Waals surface area contributed by atoms with Crippen molar-refractivity contribution in [2.75, 3.05) is 32.1 Å². The summed E-state index contributed by atoms with van der Waals surface area (Å²) in [6, 6.07) is 4.77. The Kier molecular flexibility index (Phi) is 3.87. The molecule has 2 aromatic rings. The van der Waals surface area contributed by atoms with E-state index in [-0.39, 0.29) is 4.90 Å². The van der Waals surface area contributed by atoms with Gasteiger partial charge in [-0.2, -0.15) is 8.75 Å². The fraction of sp³-hybridized carbons (Fsp3) is 0.417. The molecule has 1 aliphatic heterocycles. The average molecular weight is 327 g/mol. The second-order valence-electron chi connectivity index (χ2n) is 4.64. The Balaban J connectivity index is 1.86. The van der Waals surface area contributed by atoms with Crippen molar-refractivity contribution < 1.29 is 17.9 Å². The van der Waals surface area contributed by atoms with Crippen LogP contribution in [0.2, 0.25) is 0 Å². The van der Waals surface area contributed by atoms with Crippen LogP contribution in [0.5, 0.6) is 0 Å². The fourth-order valence-electron chi connectivity index (χ4n) is 2.18. The molecule has 112 valence electrons. The van der Waals surface area contributed by atoms with E-state index in [1.165, 1.54) is 11.0 Å². The Bertz CT molecular complexity index is 766. The van der Waals surface area contributed by atoms with E-state index in [0.29, 0.717) is 37.3 Å². The van der Waals surface area contributed by atoms with Gasteiger partial charge in [-0.1, -0.05) is 6.07 Å². The highest BCUT2D eigenvalue weighted by atomic mass is 32.2. The van der Waals surface area contributed by atoms with Gasteiger partial charge >= 0.3 is 0 Å². The van der Waals surface area contributed by atoms with Crippen molar-refractivity contribution in [1.82, 2.24) is 13.6 Å². The molecule has 3 rings (SSSR count). The molecule has 0 atom stereocenters. The van der Waals surface area contributed by atoms with Crippen molar-refractivity contribution in [3.63, 3.8) is 0 Å². The molecule has 7 nitrogen and oxygen atoms in total. The Morgan fingerprint density at radius 1 is 1.29 bits per heavy atom. The number of amides is 1. The monoisotopic (exact) mass is 327 g/mol. The van der Waals surface area contributed by atoms with Crippen LogP contribution in [0.15, 0.2) is 23.1 Å². The third-order valence-corrected chi connectivity index (χ3v) is 5.43. The van der Waals surface area contributed by atoms with Crippen LogP contribution in [0.4, 0.5) is 0 Å². The van der Waals surface area contributed by atoms with Crippen molar-refractivity contribution in [2.45, 2.75) is 4.90 Å². The first-order valence-electron chi connectivity index (χ1n) is 6.37. The number of nitrogens with zero attached hydrogens (tertiary/aromatic N) is 3. The van der Waals surface area contributed by atoms with E-state index in [4.69, 9.17) is 4.74 Å². The van der Waals surface area contributed by atoms with Crippen molar-refractivity contribution in [3.05, 3.63) is 18.2 Å². The van der Waals surface area contributed by atoms with Crippen molar-refractivity contribution in [1.29, 1.82) is 0 Å². The largest absolute Gasteiger partial charge is 0.378 e. The number of hydrogen-bond donors (Lipinski definition) is 0. The molecule has 0 spiro atoms. The Hall–Kier alpha value is -1.58. The van der Waals surface area contributed by atoms with E-state index >= 15 is 0 Å². The zero-order valence-electron chi connectivity index (χ0n) is 11.1. The molecule has 0 saturated carbocycles. The fourth-order valence-corrected chi connectivity index (χ4v) is 4.18. The normalized spacial score (nSPS) is 16.3. The lowest BCUT2D eigenvalue weighted by Gasteiger charge is -2.26. The number of rotatable bonds is 3. The van der Waals surface area contributed by atoms with E-state index in [0.717, 1.165) is 11.7 Å². The summed E-state index contributed by atoms with van der Waals surface area (Å²) in [5.74, 6) is -0.956. The number of morpholine rings is 1. The van der Waals surface area contributed by atoms with Gasteiger partial charge in [-0.25, -0.2) is 8.42 Å². The molecule has 1 aliphatic rings. The van der Waals surface area contributed by atoms with Gasteiger partial charge in [-0.05, 0) is 12.1 Å². The van der Waals surface area contributed by atoms with Crippen LogP contribution in [0.1, 0.15) is 0 Å². The minimum absolute atomic E-state index is 0.0651. The van der Waals surface area contributed by atoms with Crippen LogP contribution < -0.4 is 0 Å². The van der Waals surface area contributed by atoms with Crippen molar-refractivity contribution in [2.24, 2.45) is 0 Å². The number of aromatic nitrogens is 2. The lowest BCUT2D eigenvalue weighted by Crippen LogP contribution is -2.43. The second kappa shape index (κ2) is 5.66. The summed E-state index contributed by atoms with van der Waals surface area (Å²) < 4.78 is 38.1. The molecule has 0 radical (unpaired) electrons. The van der Waals surface area contributed by atoms with Gasteiger partial charge < -0.3 is 9.64 Å². The summed E-state index contributed by atoms with van der Waals surface area (Å²) in [5.41, 5.74) is 0.858. The minimum Gasteiger partial charge on any atom is -0.378 e. The molecule has 0 N–H and O–H groups in total. The average Bonchev–Trinajstić information content (AvgIpc) is 2.95. The smallest absolute Gasteiger partial charge is 0.238 e. The molecule has 21 heavy (non-hydrogen) atoms. The van der Waals surface area contributed by atoms with E-state index in [9.17, 15) is 13.2 Å². The zero-order chi connectivity index (χ0) is 14.9. The van der Waals surface area contributed by atoms with Crippen LogP contribution in [-0.4, -0.2) is 60.0 Å². The molecule has 1 fully saturated rings. The highest BCUT2D eigenvalue weighted by Crippen LogP contribution is 2.22. The summed E-state index contributed by atoms with van der Waals surface area (Å²) >= 11 is 0.954. The molecule has 0 aliphatic carbocycles. The predicted molar refractivity (Wildman–Crippen MR) is 76.9 cm³/mol. The Morgan fingerprint density at radius 3 is 2.81 bits per heavy atom. The highest BCUT2D eigenvalue weighted by molar-refractivity contribution is 7.92. The third-order valence-electron chi connectivity index (χ3n) is 3.26. The number of ether oxygens (including phenoxy) is 1. The Labute approximate surface area is 125 Å². The molecule has 9 heteroatoms. The lowest BCUT2D eigenvalue weighted by molar-refractivity contribution is -0.132. The maximum Gasteiger partial charge on any atom is 0.238 e. The lowest BCUT2D eigenvalue weighted by atomic mass is 10.3. The van der Waals surface area contributed by atoms with Crippen LogP contribution in [0, 0.1) is 0 Å². The number of hydrogen-bond acceptors (Lipinski definition) is 7. The predicted octanol–water partition coefficient (Wildman–Crippen LogP) is 0.324. The summed E-state index contributed by atoms with van der Waals surface area (Å²) in [5, 5.41) is 0. The van der Waals surface area contributed by atoms with E-state index in [2.05, 4.69) is 8.75 Å². The summed E-state index contributed by atoms with van der Waals surface area (Å²) in [6.45, 7) is 1.74. The van der Waals surface area contributed by atoms with Crippen molar-refractivity contribution >= 4 is 38.5 Å². The number of carbonyl (C=O) groups is 1. The van der Waals surface area contributed by atoms with Crippen LogP contribution in [0.3, 0.4) is 0 Å². The molecule has 2 heterocycles. The maximum absolute atomic E-state index is 12.5. The number of sulfone groups is 1. The van der Waals surface area contributed by atoms with Gasteiger partial charge in [0.2, 0.25) is 5.91 Å². The zero-order valence-corrected chi connectivity index (χ0v) is 12.7. The number of carbonyl (C=O) groups excluding carboxylic acids is 1. The minimum atomic E-state index is -3.73. The van der Waals surface area contributed by atoms with Gasteiger partial charge in [0.05, 0.1) is 29.8 Å². The van der Waals surface area contributed by atoms with Gasteiger partial charge in [0.25, 0.3) is 0 Å². The van der Waals surface area contributed by atoms with Crippen LogP contribution in [0.25, 0.3) is 11.0 Å². The number of fused-ring (bicyclic) bond motifs is 1. The van der Waals surface area contributed by atoms with E-state index in [1.807, 2.05) is 0 Å². The van der Waals surface area contributed by atoms with Gasteiger partial charge in [-0.3, -0.25) is 4.79 Å². The van der Waals surface area contributed by atoms with Gasteiger partial charge in [-0.15, -0.1) is 0 Å².